The number of rotatable bonds is 4. The number of likely N-dealkylation sites (N-methyl/N-ethyl adjacent to an activating group) is 2. The predicted octanol–water partition coefficient (Wildman–Crippen LogP) is 1.40. The third-order valence-electron chi connectivity index (χ3n) is 5.11. The Morgan fingerprint density at radius 3 is 2.52 bits per heavy atom. The number of hydrogen-bond donors (Lipinski definition) is 0. The second-order valence-corrected chi connectivity index (χ2v) is 9.15. The van der Waals surface area contributed by atoms with Gasteiger partial charge in [0.05, 0.1) is 39.0 Å². The van der Waals surface area contributed by atoms with Gasteiger partial charge in [-0.3, -0.25) is 4.79 Å². The van der Waals surface area contributed by atoms with E-state index in [2.05, 4.69) is 19.2 Å². The van der Waals surface area contributed by atoms with Crippen molar-refractivity contribution in [1.29, 1.82) is 0 Å². The summed E-state index contributed by atoms with van der Waals surface area (Å²) in [4.78, 5) is 14.3. The molecule has 1 aromatic carbocycles. The Hall–Kier alpha value is -1.36. The van der Waals surface area contributed by atoms with E-state index < -0.39 is 10.5 Å². The van der Waals surface area contributed by atoms with Crippen molar-refractivity contribution in [2.45, 2.75) is 23.5 Å². The molecule has 152 valence electrons. The Labute approximate surface area is 164 Å². The SMILES string of the molecule is COc1ccc(CS[C@H]2C[C@H]3C(=O)N(C)CC[N+]3(C)C2)cc1.O=S(=O)([O-])F. The number of thioether (sulfide) groups is 1. The molecule has 10 heteroatoms. The molecule has 2 fully saturated rings. The number of ether oxygens (including phenoxy) is 1. The molecule has 0 saturated carbocycles. The van der Waals surface area contributed by atoms with Crippen LogP contribution in [0.3, 0.4) is 0 Å². The summed E-state index contributed by atoms with van der Waals surface area (Å²) in [6.07, 6.45) is 1.01. The maximum absolute atomic E-state index is 12.4. The maximum Gasteiger partial charge on any atom is 0.280 e. The standard InChI is InChI=1S/C17H25N2O2S.FHO3S/c1-18-8-9-19(2)11-15(10-16(19)17(18)20)22-12-13-4-6-14(21-3)7-5-13;1-5(2,3)4/h4-7,15-16H,8-12H2,1-3H3;(H,2,3,4)/q+1;/p-1/t15-,16-,19?;/m0./s1. The van der Waals surface area contributed by atoms with E-state index in [1.54, 1.807) is 7.11 Å². The topological polar surface area (TPSA) is 86.7 Å². The summed E-state index contributed by atoms with van der Waals surface area (Å²) < 4.78 is 41.5. The lowest BCUT2D eigenvalue weighted by Gasteiger charge is -2.42. The lowest BCUT2D eigenvalue weighted by molar-refractivity contribution is -0.915. The van der Waals surface area contributed by atoms with Crippen LogP contribution >= 0.6 is 11.8 Å². The molecule has 0 bridgehead atoms. The zero-order valence-electron chi connectivity index (χ0n) is 15.6. The van der Waals surface area contributed by atoms with Crippen LogP contribution in [0.5, 0.6) is 5.75 Å². The van der Waals surface area contributed by atoms with Crippen LogP contribution in [0.25, 0.3) is 0 Å². The van der Waals surface area contributed by atoms with Crippen molar-refractivity contribution in [2.75, 3.05) is 40.8 Å². The molecule has 0 spiro atoms. The molecule has 1 unspecified atom stereocenters. The number of amides is 1. The van der Waals surface area contributed by atoms with E-state index in [1.165, 1.54) is 5.56 Å². The van der Waals surface area contributed by atoms with E-state index in [0.717, 1.165) is 42.0 Å². The van der Waals surface area contributed by atoms with Crippen molar-refractivity contribution in [1.82, 2.24) is 4.90 Å². The highest BCUT2D eigenvalue weighted by molar-refractivity contribution is 7.99. The molecule has 1 amide bonds. The van der Waals surface area contributed by atoms with Gasteiger partial charge in [-0.1, -0.05) is 12.1 Å². The van der Waals surface area contributed by atoms with E-state index >= 15 is 0 Å². The highest BCUT2D eigenvalue weighted by Gasteiger charge is 2.51. The second-order valence-electron chi connectivity index (χ2n) is 7.07. The third-order valence-corrected chi connectivity index (χ3v) is 6.42. The molecule has 2 heterocycles. The number of hydrogen-bond acceptors (Lipinski definition) is 6. The number of carbonyl (C=O) groups is 1. The smallest absolute Gasteiger partial charge is 0.280 e. The number of carbonyl (C=O) groups excluding carboxylic acids is 1. The van der Waals surface area contributed by atoms with Crippen molar-refractivity contribution in [3.8, 4) is 5.75 Å². The molecule has 27 heavy (non-hydrogen) atoms. The van der Waals surface area contributed by atoms with Crippen molar-refractivity contribution < 1.29 is 30.9 Å². The summed E-state index contributed by atoms with van der Waals surface area (Å²) in [6.45, 7) is 3.10. The average molecular weight is 421 g/mol. The summed E-state index contributed by atoms with van der Waals surface area (Å²) >= 11 is 1.99. The first-order valence-corrected chi connectivity index (χ1v) is 10.9. The average Bonchev–Trinajstić information content (AvgIpc) is 2.93. The normalized spacial score (nSPS) is 27.6. The van der Waals surface area contributed by atoms with Gasteiger partial charge in [0.2, 0.25) is 0 Å². The first kappa shape index (κ1) is 21.9. The number of nitrogens with zero attached hydrogens (tertiary/aromatic N) is 2. The largest absolute Gasteiger partial charge is 0.722 e. The molecule has 0 aliphatic carbocycles. The Balaban J connectivity index is 0.000000465. The fourth-order valence-electron chi connectivity index (χ4n) is 3.58. The molecule has 0 aromatic heterocycles. The van der Waals surface area contributed by atoms with Crippen molar-refractivity contribution in [3.05, 3.63) is 29.8 Å². The summed E-state index contributed by atoms with van der Waals surface area (Å²) in [5.74, 6) is 2.24. The molecule has 1 aromatic rings. The summed E-state index contributed by atoms with van der Waals surface area (Å²) in [7, 11) is 0.462. The zero-order valence-corrected chi connectivity index (χ0v) is 17.3. The minimum absolute atomic E-state index is 0.173. The number of halogens is 1. The van der Waals surface area contributed by atoms with Crippen LogP contribution in [-0.2, 0) is 21.1 Å². The van der Waals surface area contributed by atoms with Crippen LogP contribution < -0.4 is 4.74 Å². The highest BCUT2D eigenvalue weighted by atomic mass is 32.3. The van der Waals surface area contributed by atoms with Gasteiger partial charge in [0.15, 0.2) is 6.04 Å². The molecular formula is C17H25FN2O5S2. The van der Waals surface area contributed by atoms with Crippen molar-refractivity contribution in [3.63, 3.8) is 0 Å². The van der Waals surface area contributed by atoms with Gasteiger partial charge in [-0.15, -0.1) is 15.6 Å². The molecular weight excluding hydrogens is 395 g/mol. The van der Waals surface area contributed by atoms with E-state index in [0.29, 0.717) is 11.2 Å². The Kier molecular flexibility index (Phi) is 7.12. The molecule has 3 atom stereocenters. The van der Waals surface area contributed by atoms with E-state index in [-0.39, 0.29) is 6.04 Å². The Morgan fingerprint density at radius 2 is 1.96 bits per heavy atom. The van der Waals surface area contributed by atoms with Crippen LogP contribution in [0, 0.1) is 0 Å². The van der Waals surface area contributed by atoms with Gasteiger partial charge in [-0.05, 0) is 17.7 Å². The van der Waals surface area contributed by atoms with E-state index in [4.69, 9.17) is 17.7 Å². The lowest BCUT2D eigenvalue weighted by atomic mass is 10.1. The highest BCUT2D eigenvalue weighted by Crippen LogP contribution is 2.36. The van der Waals surface area contributed by atoms with Gasteiger partial charge in [0, 0.05) is 19.2 Å². The summed E-state index contributed by atoms with van der Waals surface area (Å²) in [6, 6.07) is 8.46. The van der Waals surface area contributed by atoms with Crippen molar-refractivity contribution in [2.24, 2.45) is 0 Å². The fraction of sp³-hybridized carbons (Fsp3) is 0.588. The van der Waals surface area contributed by atoms with Crippen LogP contribution in [-0.4, -0.2) is 80.4 Å². The Bertz CT molecular complexity index is 751. The molecule has 2 aliphatic heterocycles. The molecule has 2 saturated heterocycles. The number of benzene rings is 1. The number of fused-ring (bicyclic) bond motifs is 1. The first-order chi connectivity index (χ1) is 12.5. The third kappa shape index (κ3) is 6.34. The monoisotopic (exact) mass is 420 g/mol. The molecule has 0 radical (unpaired) electrons. The summed E-state index contributed by atoms with van der Waals surface area (Å²) in [5.41, 5.74) is 1.32. The minimum Gasteiger partial charge on any atom is -0.722 e. The molecule has 3 rings (SSSR count). The molecule has 0 N–H and O–H groups in total. The van der Waals surface area contributed by atoms with Gasteiger partial charge in [0.1, 0.15) is 5.75 Å². The predicted molar refractivity (Wildman–Crippen MR) is 101 cm³/mol. The van der Waals surface area contributed by atoms with E-state index in [9.17, 15) is 8.68 Å². The molecule has 2 aliphatic rings. The van der Waals surface area contributed by atoms with Crippen molar-refractivity contribution >= 4 is 28.2 Å². The zero-order chi connectivity index (χ0) is 20.2. The van der Waals surface area contributed by atoms with Crippen LogP contribution in [0.15, 0.2) is 24.3 Å². The van der Waals surface area contributed by atoms with Crippen LogP contribution in [0.2, 0.25) is 0 Å². The second kappa shape index (κ2) is 8.76. The Morgan fingerprint density at radius 1 is 1.37 bits per heavy atom. The van der Waals surface area contributed by atoms with Gasteiger partial charge in [-0.2, -0.15) is 0 Å². The summed E-state index contributed by atoms with van der Waals surface area (Å²) in [5, 5.41) is 0.576. The maximum atomic E-state index is 12.4. The van der Waals surface area contributed by atoms with E-state index in [1.807, 2.05) is 35.8 Å². The van der Waals surface area contributed by atoms with Crippen LogP contribution in [0.1, 0.15) is 12.0 Å². The molecule has 7 nitrogen and oxygen atoms in total. The van der Waals surface area contributed by atoms with Gasteiger partial charge in [0.25, 0.3) is 16.4 Å². The van der Waals surface area contributed by atoms with Crippen LogP contribution in [0.4, 0.5) is 3.89 Å². The number of methoxy groups -OCH3 is 1. The fourth-order valence-corrected chi connectivity index (χ4v) is 4.97. The van der Waals surface area contributed by atoms with Gasteiger partial charge >= 0.3 is 0 Å². The van der Waals surface area contributed by atoms with Gasteiger partial charge in [-0.25, -0.2) is 8.42 Å². The van der Waals surface area contributed by atoms with Gasteiger partial charge < -0.3 is 18.7 Å². The first-order valence-electron chi connectivity index (χ1n) is 8.51. The number of quaternary nitrogens is 1. The number of piperazine rings is 1. The lowest BCUT2D eigenvalue weighted by Crippen LogP contribution is -2.62. The quantitative estimate of drug-likeness (QED) is 0.416. The minimum atomic E-state index is -5.42.